The molecule has 1 aromatic heterocycles. The summed E-state index contributed by atoms with van der Waals surface area (Å²) in [6, 6.07) is 11.4. The van der Waals surface area contributed by atoms with Gasteiger partial charge in [-0.25, -0.2) is 8.42 Å². The van der Waals surface area contributed by atoms with Crippen molar-refractivity contribution < 1.29 is 13.2 Å². The molecule has 0 radical (unpaired) electrons. The maximum atomic E-state index is 12.8. The second kappa shape index (κ2) is 7.13. The molecule has 26 heavy (non-hydrogen) atoms. The van der Waals surface area contributed by atoms with Gasteiger partial charge in [-0.05, 0) is 49.4 Å². The summed E-state index contributed by atoms with van der Waals surface area (Å²) in [7, 11) is -3.40. The van der Waals surface area contributed by atoms with Crippen LogP contribution in [-0.2, 0) is 27.7 Å². The van der Waals surface area contributed by atoms with E-state index in [1.54, 1.807) is 16.4 Å². The second-order valence-corrected chi connectivity index (χ2v) is 10.1. The van der Waals surface area contributed by atoms with Crippen molar-refractivity contribution in [3.8, 4) is 0 Å². The van der Waals surface area contributed by atoms with E-state index in [0.717, 1.165) is 42.8 Å². The average Bonchev–Trinajstić information content (AvgIpc) is 3.33. The number of nitrogens with zero attached hydrogens (tertiary/aromatic N) is 2. The number of benzene rings is 1. The maximum Gasteiger partial charge on any atom is 0.252 e. The lowest BCUT2D eigenvalue weighted by atomic mass is 10.0. The SMILES string of the molecule is O=C(Cc1ccc(S(=O)(=O)N2CCCC2)s1)N1CCCc2ccccc21. The molecule has 0 spiro atoms. The van der Waals surface area contributed by atoms with Gasteiger partial charge in [0, 0.05) is 30.2 Å². The molecule has 2 aromatic rings. The van der Waals surface area contributed by atoms with Crippen LogP contribution in [0.5, 0.6) is 0 Å². The molecule has 0 bridgehead atoms. The molecule has 0 N–H and O–H groups in total. The number of carbonyl (C=O) groups is 1. The second-order valence-electron chi connectivity index (χ2n) is 6.79. The normalized spacial score (nSPS) is 18.1. The van der Waals surface area contributed by atoms with Gasteiger partial charge in [0.1, 0.15) is 4.21 Å². The van der Waals surface area contributed by atoms with Crippen molar-refractivity contribution in [3.05, 3.63) is 46.8 Å². The molecule has 1 saturated heterocycles. The summed E-state index contributed by atoms with van der Waals surface area (Å²) in [5, 5.41) is 0. The van der Waals surface area contributed by atoms with E-state index in [1.165, 1.54) is 16.9 Å². The first-order chi connectivity index (χ1) is 12.6. The predicted molar refractivity (Wildman–Crippen MR) is 103 cm³/mol. The topological polar surface area (TPSA) is 57.7 Å². The van der Waals surface area contributed by atoms with Gasteiger partial charge in [0.2, 0.25) is 5.91 Å². The van der Waals surface area contributed by atoms with E-state index in [-0.39, 0.29) is 12.3 Å². The molecule has 1 amide bonds. The van der Waals surface area contributed by atoms with Crippen molar-refractivity contribution >= 4 is 33.0 Å². The van der Waals surface area contributed by atoms with Crippen LogP contribution in [0.25, 0.3) is 0 Å². The van der Waals surface area contributed by atoms with Crippen LogP contribution >= 0.6 is 11.3 Å². The van der Waals surface area contributed by atoms with E-state index in [4.69, 9.17) is 0 Å². The van der Waals surface area contributed by atoms with E-state index in [1.807, 2.05) is 23.1 Å². The molecular formula is C19H22N2O3S2. The largest absolute Gasteiger partial charge is 0.312 e. The van der Waals surface area contributed by atoms with Crippen LogP contribution in [-0.4, -0.2) is 38.3 Å². The Morgan fingerprint density at radius 3 is 2.58 bits per heavy atom. The Kier molecular flexibility index (Phi) is 4.86. The minimum Gasteiger partial charge on any atom is -0.312 e. The van der Waals surface area contributed by atoms with Crippen LogP contribution < -0.4 is 4.90 Å². The van der Waals surface area contributed by atoms with Crippen molar-refractivity contribution in [2.75, 3.05) is 24.5 Å². The van der Waals surface area contributed by atoms with Crippen molar-refractivity contribution in [3.63, 3.8) is 0 Å². The highest BCUT2D eigenvalue weighted by Crippen LogP contribution is 2.30. The Hall–Kier alpha value is -1.70. The van der Waals surface area contributed by atoms with Gasteiger partial charge in [0.15, 0.2) is 0 Å². The summed E-state index contributed by atoms with van der Waals surface area (Å²) in [4.78, 5) is 15.5. The van der Waals surface area contributed by atoms with Gasteiger partial charge >= 0.3 is 0 Å². The monoisotopic (exact) mass is 390 g/mol. The van der Waals surface area contributed by atoms with Gasteiger partial charge < -0.3 is 4.90 Å². The molecule has 5 nitrogen and oxygen atoms in total. The fourth-order valence-electron chi connectivity index (χ4n) is 3.68. The van der Waals surface area contributed by atoms with Gasteiger partial charge in [-0.2, -0.15) is 4.31 Å². The molecule has 2 aliphatic heterocycles. The zero-order valence-corrected chi connectivity index (χ0v) is 16.2. The number of hydrogen-bond donors (Lipinski definition) is 0. The predicted octanol–water partition coefficient (Wildman–Crippen LogP) is 3.05. The highest BCUT2D eigenvalue weighted by Gasteiger charge is 2.29. The van der Waals surface area contributed by atoms with Crippen LogP contribution in [0.4, 0.5) is 5.69 Å². The molecular weight excluding hydrogens is 368 g/mol. The van der Waals surface area contributed by atoms with Gasteiger partial charge in [-0.15, -0.1) is 11.3 Å². The molecule has 3 heterocycles. The van der Waals surface area contributed by atoms with Gasteiger partial charge in [-0.3, -0.25) is 4.79 Å². The first kappa shape index (κ1) is 17.7. The Morgan fingerprint density at radius 1 is 1.00 bits per heavy atom. The summed E-state index contributed by atoms with van der Waals surface area (Å²) in [5.41, 5.74) is 2.20. The summed E-state index contributed by atoms with van der Waals surface area (Å²) in [6.07, 6.45) is 4.04. The molecule has 1 fully saturated rings. The fourth-order valence-corrected chi connectivity index (χ4v) is 6.70. The third-order valence-electron chi connectivity index (χ3n) is 5.03. The van der Waals surface area contributed by atoms with Gasteiger partial charge in [0.05, 0.1) is 6.42 Å². The highest BCUT2D eigenvalue weighted by atomic mass is 32.2. The Balaban J connectivity index is 1.50. The molecule has 0 atom stereocenters. The number of rotatable bonds is 4. The quantitative estimate of drug-likeness (QED) is 0.806. The van der Waals surface area contributed by atoms with Crippen molar-refractivity contribution in [1.82, 2.24) is 4.31 Å². The van der Waals surface area contributed by atoms with Crippen molar-refractivity contribution in [2.24, 2.45) is 0 Å². The Labute approximate surface area is 158 Å². The summed E-state index contributed by atoms with van der Waals surface area (Å²) >= 11 is 1.22. The molecule has 1 aromatic carbocycles. The molecule has 2 aliphatic rings. The third-order valence-corrected chi connectivity index (χ3v) is 8.48. The number of thiophene rings is 1. The van der Waals surface area contributed by atoms with Gasteiger partial charge in [-0.1, -0.05) is 18.2 Å². The van der Waals surface area contributed by atoms with Crippen molar-refractivity contribution in [2.45, 2.75) is 36.3 Å². The maximum absolute atomic E-state index is 12.8. The van der Waals surface area contributed by atoms with E-state index in [2.05, 4.69) is 6.07 Å². The number of para-hydroxylation sites is 1. The zero-order valence-electron chi connectivity index (χ0n) is 14.6. The number of amides is 1. The summed E-state index contributed by atoms with van der Waals surface area (Å²) in [6.45, 7) is 1.91. The smallest absolute Gasteiger partial charge is 0.252 e. The lowest BCUT2D eigenvalue weighted by Gasteiger charge is -2.29. The van der Waals surface area contributed by atoms with E-state index < -0.39 is 10.0 Å². The lowest BCUT2D eigenvalue weighted by Crippen LogP contribution is -2.36. The van der Waals surface area contributed by atoms with E-state index in [0.29, 0.717) is 17.3 Å². The molecule has 4 rings (SSSR count). The highest BCUT2D eigenvalue weighted by molar-refractivity contribution is 7.91. The molecule has 7 heteroatoms. The molecule has 0 unspecified atom stereocenters. The summed E-state index contributed by atoms with van der Waals surface area (Å²) in [5.74, 6) is 0.0316. The number of aryl methyl sites for hydroxylation is 1. The third kappa shape index (κ3) is 3.31. The van der Waals surface area contributed by atoms with E-state index >= 15 is 0 Å². The van der Waals surface area contributed by atoms with Crippen LogP contribution in [0.3, 0.4) is 0 Å². The number of sulfonamides is 1. The number of anilines is 1. The van der Waals surface area contributed by atoms with Gasteiger partial charge in [0.25, 0.3) is 10.0 Å². The van der Waals surface area contributed by atoms with Crippen LogP contribution in [0.2, 0.25) is 0 Å². The lowest BCUT2D eigenvalue weighted by molar-refractivity contribution is -0.118. The molecule has 0 aliphatic carbocycles. The number of fused-ring (bicyclic) bond motifs is 1. The minimum absolute atomic E-state index is 0.0316. The Bertz CT molecular complexity index is 914. The van der Waals surface area contributed by atoms with Crippen LogP contribution in [0.15, 0.2) is 40.6 Å². The number of carbonyl (C=O) groups excluding carboxylic acids is 1. The average molecular weight is 391 g/mol. The van der Waals surface area contributed by atoms with Crippen LogP contribution in [0.1, 0.15) is 29.7 Å². The summed E-state index contributed by atoms with van der Waals surface area (Å²) < 4.78 is 27.2. The fraction of sp³-hybridized carbons (Fsp3) is 0.421. The standard InChI is InChI=1S/C19H22N2O3S2/c22-18(21-13-5-7-15-6-1-2-8-17(15)21)14-16-9-10-19(25-16)26(23,24)20-11-3-4-12-20/h1-2,6,8-10H,3-5,7,11-14H2. The molecule has 138 valence electrons. The minimum atomic E-state index is -3.40. The van der Waals surface area contributed by atoms with Crippen LogP contribution in [0, 0.1) is 0 Å². The zero-order chi connectivity index (χ0) is 18.1. The molecule has 0 saturated carbocycles. The van der Waals surface area contributed by atoms with E-state index in [9.17, 15) is 13.2 Å². The first-order valence-electron chi connectivity index (χ1n) is 9.03. The first-order valence-corrected chi connectivity index (χ1v) is 11.3. The number of hydrogen-bond acceptors (Lipinski definition) is 4. The Morgan fingerprint density at radius 2 is 1.77 bits per heavy atom. The van der Waals surface area contributed by atoms with Crippen molar-refractivity contribution in [1.29, 1.82) is 0 Å².